The third kappa shape index (κ3) is 5.69. The summed E-state index contributed by atoms with van der Waals surface area (Å²) in [6.07, 6.45) is -4.71. The van der Waals surface area contributed by atoms with Crippen LogP contribution >= 0.6 is 15.9 Å². The second kappa shape index (κ2) is 6.00. The molecule has 0 aliphatic rings. The van der Waals surface area contributed by atoms with Gasteiger partial charge in [0.15, 0.2) is 0 Å². The fourth-order valence-corrected chi connectivity index (χ4v) is 1.68. The van der Waals surface area contributed by atoms with Crippen molar-refractivity contribution in [3.05, 3.63) is 22.7 Å². The molecule has 0 aromatic heterocycles. The third-order valence-electron chi connectivity index (χ3n) is 2.36. The maximum absolute atomic E-state index is 12.1. The summed E-state index contributed by atoms with van der Waals surface area (Å²) in [7, 11) is 0. The summed E-state index contributed by atoms with van der Waals surface area (Å²) in [5.74, 6) is -0.292. The van der Waals surface area contributed by atoms with Crippen LogP contribution in [0.2, 0.25) is 0 Å². The lowest BCUT2D eigenvalue weighted by Gasteiger charge is -2.22. The van der Waals surface area contributed by atoms with Gasteiger partial charge in [-0.2, -0.15) is 0 Å². The minimum absolute atomic E-state index is 0.0104. The number of nitrogens with one attached hydrogen (secondary N) is 1. The van der Waals surface area contributed by atoms with Crippen LogP contribution in [-0.4, -0.2) is 24.6 Å². The predicted octanol–water partition coefficient (Wildman–Crippen LogP) is 3.78. The highest BCUT2D eigenvalue weighted by molar-refractivity contribution is 9.10. The highest BCUT2D eigenvalue weighted by Crippen LogP contribution is 2.32. The maximum Gasteiger partial charge on any atom is 0.573 e. The molecule has 0 aliphatic carbocycles. The van der Waals surface area contributed by atoms with Gasteiger partial charge in [-0.05, 0) is 34.1 Å². The molecule has 0 atom stereocenters. The first kappa shape index (κ1) is 16.1. The number of halogens is 4. The SMILES string of the molecule is CC(C)(CO)CNc1ccc(OC(F)(F)F)c(Br)c1. The number of aliphatic hydroxyl groups excluding tert-OH is 1. The number of rotatable bonds is 5. The lowest BCUT2D eigenvalue weighted by atomic mass is 9.95. The molecule has 0 amide bonds. The Bertz CT molecular complexity index is 435. The van der Waals surface area contributed by atoms with Gasteiger partial charge in [0.2, 0.25) is 0 Å². The summed E-state index contributed by atoms with van der Waals surface area (Å²) in [6, 6.07) is 4.21. The van der Waals surface area contributed by atoms with Gasteiger partial charge in [-0.1, -0.05) is 13.8 Å². The van der Waals surface area contributed by atoms with Crippen LogP contribution < -0.4 is 10.1 Å². The number of anilines is 1. The van der Waals surface area contributed by atoms with Crippen molar-refractivity contribution in [3.8, 4) is 5.75 Å². The van der Waals surface area contributed by atoms with E-state index in [9.17, 15) is 13.2 Å². The largest absolute Gasteiger partial charge is 0.573 e. The van der Waals surface area contributed by atoms with Crippen molar-refractivity contribution in [1.82, 2.24) is 0 Å². The van der Waals surface area contributed by atoms with E-state index in [-0.39, 0.29) is 22.2 Å². The van der Waals surface area contributed by atoms with E-state index < -0.39 is 6.36 Å². The van der Waals surface area contributed by atoms with E-state index in [1.54, 1.807) is 0 Å². The zero-order valence-corrected chi connectivity index (χ0v) is 12.1. The number of aliphatic hydroxyl groups is 1. The molecule has 0 fully saturated rings. The maximum atomic E-state index is 12.1. The summed E-state index contributed by atoms with van der Waals surface area (Å²) in [5.41, 5.74) is 0.330. The third-order valence-corrected chi connectivity index (χ3v) is 2.98. The molecule has 7 heteroatoms. The molecular weight excluding hydrogens is 327 g/mol. The first-order valence-corrected chi connectivity index (χ1v) is 6.32. The molecule has 108 valence electrons. The topological polar surface area (TPSA) is 41.5 Å². The Hall–Kier alpha value is -0.950. The predicted molar refractivity (Wildman–Crippen MR) is 70.2 cm³/mol. The Balaban J connectivity index is 2.72. The van der Waals surface area contributed by atoms with E-state index in [4.69, 9.17) is 5.11 Å². The van der Waals surface area contributed by atoms with E-state index >= 15 is 0 Å². The van der Waals surface area contributed by atoms with E-state index in [0.29, 0.717) is 12.2 Å². The van der Waals surface area contributed by atoms with Gasteiger partial charge in [-0.25, -0.2) is 0 Å². The van der Waals surface area contributed by atoms with Crippen LogP contribution in [0.4, 0.5) is 18.9 Å². The van der Waals surface area contributed by atoms with Gasteiger partial charge in [0.25, 0.3) is 0 Å². The minimum atomic E-state index is -4.71. The summed E-state index contributed by atoms with van der Waals surface area (Å²) < 4.78 is 40.3. The van der Waals surface area contributed by atoms with Crippen LogP contribution in [0.15, 0.2) is 22.7 Å². The average molecular weight is 342 g/mol. The number of benzene rings is 1. The number of alkyl halides is 3. The molecule has 0 aliphatic heterocycles. The molecule has 0 heterocycles. The quantitative estimate of drug-likeness (QED) is 0.856. The fraction of sp³-hybridized carbons (Fsp3) is 0.500. The van der Waals surface area contributed by atoms with Crippen molar-refractivity contribution in [2.45, 2.75) is 20.2 Å². The Labute approximate surface area is 117 Å². The molecule has 0 saturated carbocycles. The minimum Gasteiger partial charge on any atom is -0.405 e. The molecular formula is C12H15BrF3NO2. The second-order valence-electron chi connectivity index (χ2n) is 4.87. The first-order valence-electron chi connectivity index (χ1n) is 5.53. The molecule has 1 aromatic carbocycles. The smallest absolute Gasteiger partial charge is 0.405 e. The summed E-state index contributed by atoms with van der Waals surface area (Å²) in [5, 5.41) is 12.1. The van der Waals surface area contributed by atoms with Crippen LogP contribution in [0, 0.1) is 5.41 Å². The summed E-state index contributed by atoms with van der Waals surface area (Å²) in [4.78, 5) is 0. The van der Waals surface area contributed by atoms with Gasteiger partial charge >= 0.3 is 6.36 Å². The Morgan fingerprint density at radius 2 is 1.95 bits per heavy atom. The Morgan fingerprint density at radius 3 is 2.42 bits per heavy atom. The summed E-state index contributed by atoms with van der Waals surface area (Å²) in [6.45, 7) is 4.25. The fourth-order valence-electron chi connectivity index (χ4n) is 1.22. The molecule has 0 unspecified atom stereocenters. The van der Waals surface area contributed by atoms with Crippen LogP contribution in [0.3, 0.4) is 0 Å². The van der Waals surface area contributed by atoms with E-state index in [1.165, 1.54) is 18.2 Å². The van der Waals surface area contributed by atoms with Gasteiger partial charge < -0.3 is 15.2 Å². The Morgan fingerprint density at radius 1 is 1.32 bits per heavy atom. The van der Waals surface area contributed by atoms with Crippen LogP contribution in [0.5, 0.6) is 5.75 Å². The lowest BCUT2D eigenvalue weighted by molar-refractivity contribution is -0.274. The molecule has 0 spiro atoms. The van der Waals surface area contributed by atoms with E-state index in [0.717, 1.165) is 0 Å². The molecule has 1 aromatic rings. The van der Waals surface area contributed by atoms with Crippen molar-refractivity contribution in [2.75, 3.05) is 18.5 Å². The van der Waals surface area contributed by atoms with Gasteiger partial charge in [-0.3, -0.25) is 0 Å². The van der Waals surface area contributed by atoms with Crippen LogP contribution in [0.1, 0.15) is 13.8 Å². The molecule has 3 nitrogen and oxygen atoms in total. The van der Waals surface area contributed by atoms with Gasteiger partial charge in [0, 0.05) is 24.3 Å². The van der Waals surface area contributed by atoms with Crippen molar-refractivity contribution < 1.29 is 23.0 Å². The van der Waals surface area contributed by atoms with Crippen molar-refractivity contribution >= 4 is 21.6 Å². The lowest BCUT2D eigenvalue weighted by Crippen LogP contribution is -2.26. The van der Waals surface area contributed by atoms with Gasteiger partial charge in [0.1, 0.15) is 5.75 Å². The van der Waals surface area contributed by atoms with E-state index in [2.05, 4.69) is 26.0 Å². The van der Waals surface area contributed by atoms with Crippen molar-refractivity contribution in [1.29, 1.82) is 0 Å². The number of ether oxygens (including phenoxy) is 1. The Kier molecular flexibility index (Phi) is 5.09. The van der Waals surface area contributed by atoms with Gasteiger partial charge in [0.05, 0.1) is 4.47 Å². The van der Waals surface area contributed by atoms with Crippen LogP contribution in [0.25, 0.3) is 0 Å². The molecule has 19 heavy (non-hydrogen) atoms. The van der Waals surface area contributed by atoms with Crippen molar-refractivity contribution in [3.63, 3.8) is 0 Å². The second-order valence-corrected chi connectivity index (χ2v) is 5.72. The van der Waals surface area contributed by atoms with Gasteiger partial charge in [-0.15, -0.1) is 13.2 Å². The number of hydrogen-bond acceptors (Lipinski definition) is 3. The highest BCUT2D eigenvalue weighted by atomic mass is 79.9. The normalized spacial score (nSPS) is 12.4. The van der Waals surface area contributed by atoms with Crippen molar-refractivity contribution in [2.24, 2.45) is 5.41 Å². The standard InChI is InChI=1S/C12H15BrF3NO2/c1-11(2,7-18)6-17-8-3-4-10(9(13)5-8)19-12(14,15)16/h3-5,17-18H,6-7H2,1-2H3. The molecule has 0 radical (unpaired) electrons. The monoisotopic (exact) mass is 341 g/mol. The molecule has 1 rings (SSSR count). The average Bonchev–Trinajstić information content (AvgIpc) is 2.28. The number of hydrogen-bond donors (Lipinski definition) is 2. The molecule has 2 N–H and O–H groups in total. The zero-order valence-electron chi connectivity index (χ0n) is 10.5. The summed E-state index contributed by atoms with van der Waals surface area (Å²) >= 11 is 3.02. The zero-order chi connectivity index (χ0) is 14.7. The van der Waals surface area contributed by atoms with Crippen LogP contribution in [-0.2, 0) is 0 Å². The van der Waals surface area contributed by atoms with E-state index in [1.807, 2.05) is 13.8 Å². The highest BCUT2D eigenvalue weighted by Gasteiger charge is 2.31. The molecule has 0 bridgehead atoms. The first-order chi connectivity index (χ1) is 8.63. The molecule has 0 saturated heterocycles.